The topological polar surface area (TPSA) is 97.0 Å². The molecule has 8 nitrogen and oxygen atoms in total. The summed E-state index contributed by atoms with van der Waals surface area (Å²) in [5.74, 6) is -0.435. The predicted molar refractivity (Wildman–Crippen MR) is 139 cm³/mol. The smallest absolute Gasteiger partial charge is 0.308 e. The van der Waals surface area contributed by atoms with Gasteiger partial charge in [0.2, 0.25) is 5.91 Å². The Morgan fingerprint density at radius 2 is 1.69 bits per heavy atom. The van der Waals surface area contributed by atoms with E-state index in [1.165, 1.54) is 19.3 Å². The highest BCUT2D eigenvalue weighted by Gasteiger charge is 2.34. The highest BCUT2D eigenvalue weighted by Crippen LogP contribution is 2.15. The van der Waals surface area contributed by atoms with E-state index in [-0.39, 0.29) is 23.3 Å². The molecular weight excluding hydrogens is 466 g/mol. The average Bonchev–Trinajstić information content (AvgIpc) is 2.85. The molecule has 0 bridgehead atoms. The number of hydrogen-bond acceptors (Lipinski definition) is 6. The minimum absolute atomic E-state index is 0.112. The number of unbranched alkanes of at least 4 members (excludes halogenated alkanes) is 6. The molecule has 0 spiro atoms. The van der Waals surface area contributed by atoms with Crippen molar-refractivity contribution in [3.05, 3.63) is 29.8 Å². The Morgan fingerprint density at radius 3 is 2.40 bits per heavy atom. The molecule has 1 heterocycles. The molecule has 0 radical (unpaired) electrons. The Labute approximate surface area is 214 Å². The molecule has 0 saturated carbocycles. The van der Waals surface area contributed by atoms with Gasteiger partial charge in [0.05, 0.1) is 19.6 Å². The van der Waals surface area contributed by atoms with Crippen LogP contribution >= 0.6 is 12.2 Å². The zero-order chi connectivity index (χ0) is 25.5. The summed E-state index contributed by atoms with van der Waals surface area (Å²) in [5.41, 5.74) is 0.427. The van der Waals surface area contributed by atoms with Crippen LogP contribution in [-0.4, -0.2) is 60.1 Å². The van der Waals surface area contributed by atoms with Crippen LogP contribution in [0.3, 0.4) is 0 Å². The number of nitrogens with one attached hydrogen (secondary N) is 2. The van der Waals surface area contributed by atoms with Crippen LogP contribution in [0.2, 0.25) is 0 Å². The minimum Gasteiger partial charge on any atom is -0.494 e. The second kappa shape index (κ2) is 16.1. The van der Waals surface area contributed by atoms with E-state index < -0.39 is 12.0 Å². The van der Waals surface area contributed by atoms with Crippen molar-refractivity contribution in [2.75, 3.05) is 26.3 Å². The number of rotatable bonds is 14. The van der Waals surface area contributed by atoms with Crippen LogP contribution in [0.5, 0.6) is 5.75 Å². The molecule has 2 N–H and O–H groups in total. The average molecular weight is 506 g/mol. The van der Waals surface area contributed by atoms with Gasteiger partial charge in [-0.25, -0.2) is 0 Å². The number of hydrogen-bond donors (Lipinski definition) is 2. The lowest BCUT2D eigenvalue weighted by atomic mass is 10.1. The fourth-order valence-electron chi connectivity index (χ4n) is 3.75. The van der Waals surface area contributed by atoms with Crippen LogP contribution in [0.4, 0.5) is 0 Å². The van der Waals surface area contributed by atoms with E-state index in [1.54, 1.807) is 29.2 Å². The van der Waals surface area contributed by atoms with E-state index in [1.807, 2.05) is 0 Å². The van der Waals surface area contributed by atoms with Crippen LogP contribution in [-0.2, 0) is 14.3 Å². The Kier molecular flexibility index (Phi) is 13.1. The number of esters is 1. The molecule has 0 aliphatic carbocycles. The normalized spacial score (nSPS) is 15.3. The quantitative estimate of drug-likeness (QED) is 0.224. The first kappa shape index (κ1) is 28.6. The molecule has 1 atom stereocenters. The van der Waals surface area contributed by atoms with E-state index in [2.05, 4.69) is 24.5 Å². The third-order valence-corrected chi connectivity index (χ3v) is 6.15. The van der Waals surface area contributed by atoms with Gasteiger partial charge in [-0.15, -0.1) is 0 Å². The molecule has 1 aromatic rings. The summed E-state index contributed by atoms with van der Waals surface area (Å²) in [6.45, 7) is 6.01. The molecule has 1 saturated heterocycles. The van der Waals surface area contributed by atoms with Crippen molar-refractivity contribution in [2.24, 2.45) is 0 Å². The molecule has 1 aliphatic rings. The monoisotopic (exact) mass is 505 g/mol. The summed E-state index contributed by atoms with van der Waals surface area (Å²) in [6.07, 6.45) is 8.51. The van der Waals surface area contributed by atoms with Crippen molar-refractivity contribution in [2.45, 2.75) is 77.7 Å². The molecule has 1 aliphatic heterocycles. The Bertz CT molecular complexity index is 831. The molecule has 194 valence electrons. The number of piperazine rings is 1. The van der Waals surface area contributed by atoms with Crippen LogP contribution in [0, 0.1) is 0 Å². The first-order chi connectivity index (χ1) is 17.0. The third kappa shape index (κ3) is 10.2. The molecule has 35 heavy (non-hydrogen) atoms. The van der Waals surface area contributed by atoms with Gasteiger partial charge in [0.1, 0.15) is 11.8 Å². The summed E-state index contributed by atoms with van der Waals surface area (Å²) < 4.78 is 11.0. The lowest BCUT2D eigenvalue weighted by Gasteiger charge is -2.36. The fraction of sp³-hybridized carbons (Fsp3) is 0.615. The number of thiocarbonyl (C=S) groups is 1. The number of carbonyl (C=O) groups excluding carboxylic acids is 3. The van der Waals surface area contributed by atoms with Crippen molar-refractivity contribution < 1.29 is 23.9 Å². The highest BCUT2D eigenvalue weighted by molar-refractivity contribution is 7.80. The van der Waals surface area contributed by atoms with Gasteiger partial charge in [-0.05, 0) is 49.3 Å². The van der Waals surface area contributed by atoms with Crippen molar-refractivity contribution in [3.63, 3.8) is 0 Å². The van der Waals surface area contributed by atoms with Gasteiger partial charge in [0.25, 0.3) is 5.91 Å². The number of carbonyl (C=O) groups is 3. The number of nitrogens with zero attached hydrogens (tertiary/aromatic N) is 1. The highest BCUT2D eigenvalue weighted by atomic mass is 32.1. The Balaban J connectivity index is 1.85. The maximum absolute atomic E-state index is 12.7. The van der Waals surface area contributed by atoms with Gasteiger partial charge in [-0.3, -0.25) is 19.7 Å². The largest absolute Gasteiger partial charge is 0.494 e. The first-order valence-electron chi connectivity index (χ1n) is 12.7. The van der Waals surface area contributed by atoms with Gasteiger partial charge in [-0.2, -0.15) is 0 Å². The fourth-order valence-corrected chi connectivity index (χ4v) is 4.07. The molecule has 9 heteroatoms. The molecule has 1 unspecified atom stereocenters. The number of amides is 2. The molecule has 2 amide bonds. The van der Waals surface area contributed by atoms with Gasteiger partial charge >= 0.3 is 5.97 Å². The summed E-state index contributed by atoms with van der Waals surface area (Å²) in [5, 5.41) is 5.54. The SMILES string of the molecule is CCCCCCCOc1ccc(C(=O)NC(=S)N2CCNC(=O)C2CC(=O)OCCCCC)cc1. The lowest BCUT2D eigenvalue weighted by Crippen LogP contribution is -2.60. The van der Waals surface area contributed by atoms with E-state index in [0.717, 1.165) is 32.1 Å². The van der Waals surface area contributed by atoms with Crippen LogP contribution in [0.1, 0.15) is 82.0 Å². The van der Waals surface area contributed by atoms with E-state index in [9.17, 15) is 14.4 Å². The maximum Gasteiger partial charge on any atom is 0.308 e. The summed E-state index contributed by atoms with van der Waals surface area (Å²) in [4.78, 5) is 39.0. The zero-order valence-corrected chi connectivity index (χ0v) is 21.8. The lowest BCUT2D eigenvalue weighted by molar-refractivity contribution is -0.147. The van der Waals surface area contributed by atoms with Gasteiger partial charge in [0.15, 0.2) is 5.11 Å². The van der Waals surface area contributed by atoms with Crippen LogP contribution < -0.4 is 15.4 Å². The number of benzene rings is 1. The Morgan fingerprint density at radius 1 is 1.03 bits per heavy atom. The zero-order valence-electron chi connectivity index (χ0n) is 21.0. The van der Waals surface area contributed by atoms with Crippen molar-refractivity contribution in [3.8, 4) is 5.75 Å². The van der Waals surface area contributed by atoms with Crippen molar-refractivity contribution in [1.82, 2.24) is 15.5 Å². The van der Waals surface area contributed by atoms with Crippen molar-refractivity contribution in [1.29, 1.82) is 0 Å². The molecule has 0 aromatic heterocycles. The second-order valence-corrected chi connectivity index (χ2v) is 9.06. The second-order valence-electron chi connectivity index (χ2n) is 8.68. The number of ether oxygens (including phenoxy) is 2. The van der Waals surface area contributed by atoms with Crippen LogP contribution in [0.25, 0.3) is 0 Å². The summed E-state index contributed by atoms with van der Waals surface area (Å²) in [7, 11) is 0. The maximum atomic E-state index is 12.7. The predicted octanol–water partition coefficient (Wildman–Crippen LogP) is 3.97. The van der Waals surface area contributed by atoms with Crippen LogP contribution in [0.15, 0.2) is 24.3 Å². The third-order valence-electron chi connectivity index (χ3n) is 5.82. The standard InChI is InChI=1S/C26H39N3O5S/c1-3-5-7-8-10-17-33-21-13-11-20(12-14-21)24(31)28-26(35)29-16-15-27-25(32)22(29)19-23(30)34-18-9-6-4-2/h11-14,22H,3-10,15-19H2,1-2H3,(H,27,32)(H,28,31,35). The van der Waals surface area contributed by atoms with Gasteiger partial charge in [-0.1, -0.05) is 52.4 Å². The summed E-state index contributed by atoms with van der Waals surface area (Å²) >= 11 is 5.42. The van der Waals surface area contributed by atoms with Gasteiger partial charge in [0, 0.05) is 18.7 Å². The van der Waals surface area contributed by atoms with E-state index in [0.29, 0.717) is 37.6 Å². The van der Waals surface area contributed by atoms with Gasteiger partial charge < -0.3 is 19.7 Å². The molecule has 2 rings (SSSR count). The molecular formula is C26H39N3O5S. The summed E-state index contributed by atoms with van der Waals surface area (Å²) in [6, 6.07) is 6.06. The first-order valence-corrected chi connectivity index (χ1v) is 13.1. The van der Waals surface area contributed by atoms with Crippen molar-refractivity contribution >= 4 is 35.1 Å². The Hall–Kier alpha value is -2.68. The minimum atomic E-state index is -0.816. The van der Waals surface area contributed by atoms with E-state index >= 15 is 0 Å². The molecule has 1 aromatic carbocycles. The molecule has 1 fully saturated rings. The van der Waals surface area contributed by atoms with E-state index in [4.69, 9.17) is 21.7 Å².